The lowest BCUT2D eigenvalue weighted by molar-refractivity contribution is 0.396. The Bertz CT molecular complexity index is 809. The zero-order chi connectivity index (χ0) is 15.1. The summed E-state index contributed by atoms with van der Waals surface area (Å²) >= 11 is 0. The van der Waals surface area contributed by atoms with Gasteiger partial charge in [-0.05, 0) is 42.2 Å². The summed E-state index contributed by atoms with van der Waals surface area (Å²) in [6.45, 7) is 4.41. The Hall–Kier alpha value is -2.54. The van der Waals surface area contributed by atoms with Crippen LogP contribution in [0.2, 0.25) is 0 Å². The molecule has 0 saturated heterocycles. The Morgan fingerprint density at radius 2 is 1.59 bits per heavy atom. The molecule has 2 heterocycles. The molecule has 1 nitrogen and oxygen atoms in total. The van der Waals surface area contributed by atoms with Crippen LogP contribution < -0.4 is 0 Å². The maximum absolute atomic E-state index is 2.39. The van der Waals surface area contributed by atoms with E-state index in [2.05, 4.69) is 91.7 Å². The van der Waals surface area contributed by atoms with Crippen molar-refractivity contribution in [3.05, 3.63) is 94.8 Å². The molecule has 108 valence electrons. The molecule has 0 bridgehead atoms. The SMILES string of the molecule is CC1=CC2c3ccccc3C=C(C)N2C=C1c1ccccc1. The summed E-state index contributed by atoms with van der Waals surface area (Å²) in [6.07, 6.45) is 6.97. The molecular weight excluding hydrogens is 266 g/mol. The van der Waals surface area contributed by atoms with Gasteiger partial charge in [0.1, 0.15) is 0 Å². The van der Waals surface area contributed by atoms with Gasteiger partial charge in [-0.25, -0.2) is 0 Å². The van der Waals surface area contributed by atoms with Gasteiger partial charge in [0.05, 0.1) is 6.04 Å². The maximum Gasteiger partial charge on any atom is 0.0778 e. The van der Waals surface area contributed by atoms with Gasteiger partial charge in [-0.3, -0.25) is 0 Å². The average Bonchev–Trinajstić information content (AvgIpc) is 2.55. The van der Waals surface area contributed by atoms with Crippen molar-refractivity contribution < 1.29 is 0 Å². The second-order valence-corrected chi connectivity index (χ2v) is 6.03. The molecule has 2 aliphatic rings. The van der Waals surface area contributed by atoms with Crippen LogP contribution in [0, 0.1) is 0 Å². The van der Waals surface area contributed by atoms with Crippen LogP contribution in [0.1, 0.15) is 36.6 Å². The molecule has 0 aliphatic carbocycles. The fourth-order valence-corrected chi connectivity index (χ4v) is 3.42. The van der Waals surface area contributed by atoms with Crippen molar-refractivity contribution in [1.82, 2.24) is 4.90 Å². The van der Waals surface area contributed by atoms with Crippen LogP contribution in [0.25, 0.3) is 11.6 Å². The summed E-state index contributed by atoms with van der Waals surface area (Å²) in [5, 5.41) is 0. The first kappa shape index (κ1) is 13.1. The highest BCUT2D eigenvalue weighted by Gasteiger charge is 2.27. The second kappa shape index (κ2) is 5.03. The zero-order valence-electron chi connectivity index (χ0n) is 13.0. The topological polar surface area (TPSA) is 3.24 Å². The third-order valence-corrected chi connectivity index (χ3v) is 4.57. The van der Waals surface area contributed by atoms with Crippen LogP contribution >= 0.6 is 0 Å². The molecule has 0 fully saturated rings. The monoisotopic (exact) mass is 285 g/mol. The first-order valence-electron chi connectivity index (χ1n) is 7.75. The van der Waals surface area contributed by atoms with Gasteiger partial charge in [-0.2, -0.15) is 0 Å². The van der Waals surface area contributed by atoms with E-state index in [1.165, 1.54) is 33.5 Å². The number of rotatable bonds is 1. The summed E-state index contributed by atoms with van der Waals surface area (Å²) < 4.78 is 0. The molecule has 1 unspecified atom stereocenters. The van der Waals surface area contributed by atoms with Gasteiger partial charge >= 0.3 is 0 Å². The molecule has 2 aliphatic heterocycles. The average molecular weight is 285 g/mol. The van der Waals surface area contributed by atoms with Crippen molar-refractivity contribution in [2.45, 2.75) is 19.9 Å². The zero-order valence-corrected chi connectivity index (χ0v) is 13.0. The first-order valence-corrected chi connectivity index (χ1v) is 7.75. The predicted molar refractivity (Wildman–Crippen MR) is 92.8 cm³/mol. The van der Waals surface area contributed by atoms with Crippen molar-refractivity contribution in [2.75, 3.05) is 0 Å². The second-order valence-electron chi connectivity index (χ2n) is 6.03. The number of hydrogen-bond donors (Lipinski definition) is 0. The molecule has 1 heteroatoms. The van der Waals surface area contributed by atoms with E-state index in [1.54, 1.807) is 0 Å². The first-order chi connectivity index (χ1) is 10.7. The van der Waals surface area contributed by atoms with E-state index < -0.39 is 0 Å². The fraction of sp³-hybridized carbons (Fsp3) is 0.143. The number of allylic oxidation sites excluding steroid dienone is 3. The standard InChI is InChI=1S/C21H19N/c1-15-12-21-19-11-7-6-10-18(19)13-16(2)22(21)14-20(15)17-8-4-3-5-9-17/h3-14,21H,1-2H3. The van der Waals surface area contributed by atoms with Gasteiger partial charge in [0.25, 0.3) is 0 Å². The lowest BCUT2D eigenvalue weighted by atomic mass is 9.87. The fourth-order valence-electron chi connectivity index (χ4n) is 3.42. The number of hydrogen-bond acceptors (Lipinski definition) is 1. The van der Waals surface area contributed by atoms with Crippen molar-refractivity contribution in [1.29, 1.82) is 0 Å². The quantitative estimate of drug-likeness (QED) is 0.677. The van der Waals surface area contributed by atoms with Crippen LogP contribution in [-0.4, -0.2) is 4.90 Å². The normalized spacial score (nSPS) is 19.6. The molecule has 0 saturated carbocycles. The molecule has 0 radical (unpaired) electrons. The minimum absolute atomic E-state index is 0.314. The van der Waals surface area contributed by atoms with E-state index >= 15 is 0 Å². The molecular formula is C21H19N. The summed E-state index contributed by atoms with van der Waals surface area (Å²) in [5.74, 6) is 0. The van der Waals surface area contributed by atoms with Crippen LogP contribution in [0.5, 0.6) is 0 Å². The predicted octanol–water partition coefficient (Wildman–Crippen LogP) is 5.41. The highest BCUT2D eigenvalue weighted by molar-refractivity contribution is 5.80. The van der Waals surface area contributed by atoms with Crippen LogP contribution in [0.3, 0.4) is 0 Å². The Morgan fingerprint density at radius 3 is 2.41 bits per heavy atom. The Kier molecular flexibility index (Phi) is 3.00. The molecule has 1 atom stereocenters. The number of nitrogens with zero attached hydrogens (tertiary/aromatic N) is 1. The van der Waals surface area contributed by atoms with Gasteiger partial charge in [-0.15, -0.1) is 0 Å². The van der Waals surface area contributed by atoms with Gasteiger partial charge in [0.2, 0.25) is 0 Å². The van der Waals surface area contributed by atoms with Crippen molar-refractivity contribution in [3.8, 4) is 0 Å². The Balaban J connectivity index is 1.84. The molecule has 22 heavy (non-hydrogen) atoms. The van der Waals surface area contributed by atoms with Gasteiger partial charge in [-0.1, -0.05) is 60.7 Å². The number of benzene rings is 2. The van der Waals surface area contributed by atoms with Crippen LogP contribution in [-0.2, 0) is 0 Å². The highest BCUT2D eigenvalue weighted by Crippen LogP contribution is 2.41. The van der Waals surface area contributed by atoms with Crippen molar-refractivity contribution >= 4 is 11.6 Å². The Morgan fingerprint density at radius 1 is 0.864 bits per heavy atom. The minimum atomic E-state index is 0.314. The summed E-state index contributed by atoms with van der Waals surface area (Å²) in [4.78, 5) is 2.39. The molecule has 0 N–H and O–H groups in total. The van der Waals surface area contributed by atoms with E-state index in [0.29, 0.717) is 6.04 Å². The molecule has 0 amide bonds. The molecule has 2 aromatic carbocycles. The van der Waals surface area contributed by atoms with E-state index in [9.17, 15) is 0 Å². The largest absolute Gasteiger partial charge is 0.340 e. The summed E-state index contributed by atoms with van der Waals surface area (Å²) in [5.41, 5.74) is 7.95. The smallest absolute Gasteiger partial charge is 0.0778 e. The third-order valence-electron chi connectivity index (χ3n) is 4.57. The minimum Gasteiger partial charge on any atom is -0.340 e. The summed E-state index contributed by atoms with van der Waals surface area (Å²) in [7, 11) is 0. The molecule has 4 rings (SSSR count). The molecule has 2 aromatic rings. The lowest BCUT2D eigenvalue weighted by Gasteiger charge is -2.38. The third kappa shape index (κ3) is 2.01. The van der Waals surface area contributed by atoms with Crippen LogP contribution in [0.4, 0.5) is 0 Å². The van der Waals surface area contributed by atoms with E-state index in [4.69, 9.17) is 0 Å². The maximum atomic E-state index is 2.39. The van der Waals surface area contributed by atoms with E-state index in [-0.39, 0.29) is 0 Å². The van der Waals surface area contributed by atoms with Gasteiger partial charge in [0.15, 0.2) is 0 Å². The summed E-state index contributed by atoms with van der Waals surface area (Å²) in [6, 6.07) is 19.6. The number of fused-ring (bicyclic) bond motifs is 3. The van der Waals surface area contributed by atoms with Gasteiger partial charge in [0, 0.05) is 17.5 Å². The van der Waals surface area contributed by atoms with E-state index in [1.807, 2.05) is 0 Å². The van der Waals surface area contributed by atoms with Crippen molar-refractivity contribution in [3.63, 3.8) is 0 Å². The Labute approximate surface area is 131 Å². The molecule has 0 spiro atoms. The van der Waals surface area contributed by atoms with Crippen molar-refractivity contribution in [2.24, 2.45) is 0 Å². The molecule has 0 aromatic heterocycles. The lowest BCUT2D eigenvalue weighted by Crippen LogP contribution is -2.27. The highest BCUT2D eigenvalue weighted by atomic mass is 15.2. The van der Waals surface area contributed by atoms with E-state index in [0.717, 1.165) is 0 Å². The van der Waals surface area contributed by atoms with Gasteiger partial charge < -0.3 is 4.90 Å². The van der Waals surface area contributed by atoms with Crippen LogP contribution in [0.15, 0.2) is 78.1 Å².